The Bertz CT molecular complexity index is 853. The third-order valence-corrected chi connectivity index (χ3v) is 4.46. The molecule has 134 valence electrons. The molecule has 0 aromatic heterocycles. The molecule has 1 aliphatic rings. The number of halogens is 1. The highest BCUT2D eigenvalue weighted by Gasteiger charge is 2.29. The fourth-order valence-electron chi connectivity index (χ4n) is 2.86. The summed E-state index contributed by atoms with van der Waals surface area (Å²) in [5, 5.41) is 8.62. The van der Waals surface area contributed by atoms with E-state index in [1.807, 2.05) is 12.1 Å². The van der Waals surface area contributed by atoms with Gasteiger partial charge in [-0.1, -0.05) is 41.9 Å². The minimum Gasteiger partial charge on any atom is -0.354 e. The number of carbonyl (C=O) groups is 3. The molecule has 3 N–H and O–H groups in total. The molecule has 0 aliphatic carbocycles. The molecule has 6 nitrogen and oxygen atoms in total. The maximum Gasteiger partial charge on any atom is 0.252 e. The normalized spacial score (nSPS) is 15.1. The van der Waals surface area contributed by atoms with Crippen LogP contribution in [0.4, 0.5) is 0 Å². The summed E-state index contributed by atoms with van der Waals surface area (Å²) in [6.45, 7) is 0.570. The average molecular weight is 372 g/mol. The van der Waals surface area contributed by atoms with Gasteiger partial charge in [0.15, 0.2) is 0 Å². The predicted molar refractivity (Wildman–Crippen MR) is 98.1 cm³/mol. The van der Waals surface area contributed by atoms with Gasteiger partial charge in [0.05, 0.1) is 23.0 Å². The Kier molecular flexibility index (Phi) is 5.53. The highest BCUT2D eigenvalue weighted by Crippen LogP contribution is 2.27. The van der Waals surface area contributed by atoms with E-state index < -0.39 is 0 Å². The molecule has 3 amide bonds. The van der Waals surface area contributed by atoms with Gasteiger partial charge >= 0.3 is 0 Å². The molecule has 0 bridgehead atoms. The van der Waals surface area contributed by atoms with Crippen LogP contribution in [0.1, 0.15) is 38.7 Å². The van der Waals surface area contributed by atoms with Gasteiger partial charge in [-0.25, -0.2) is 0 Å². The van der Waals surface area contributed by atoms with E-state index in [9.17, 15) is 14.4 Å². The Balaban J connectivity index is 1.44. The fraction of sp³-hybridized carbons (Fsp3) is 0.211. The lowest BCUT2D eigenvalue weighted by molar-refractivity contribution is -0.121. The summed E-state index contributed by atoms with van der Waals surface area (Å²) < 4.78 is 0. The molecule has 0 radical (unpaired) electrons. The summed E-state index contributed by atoms with van der Waals surface area (Å²) in [5.41, 5.74) is 1.84. The number of amides is 3. The van der Waals surface area contributed by atoms with Crippen molar-refractivity contribution in [1.82, 2.24) is 16.0 Å². The highest BCUT2D eigenvalue weighted by molar-refractivity contribution is 6.33. The predicted octanol–water partition coefficient (Wildman–Crippen LogP) is 2.06. The quantitative estimate of drug-likeness (QED) is 0.679. The van der Waals surface area contributed by atoms with Crippen molar-refractivity contribution < 1.29 is 14.4 Å². The van der Waals surface area contributed by atoms with Gasteiger partial charge in [0, 0.05) is 18.7 Å². The first kappa shape index (κ1) is 17.9. The molecule has 1 atom stereocenters. The van der Waals surface area contributed by atoms with Gasteiger partial charge in [0.2, 0.25) is 5.91 Å². The largest absolute Gasteiger partial charge is 0.354 e. The Labute approximate surface area is 155 Å². The van der Waals surface area contributed by atoms with Crippen molar-refractivity contribution in [1.29, 1.82) is 0 Å². The van der Waals surface area contributed by atoms with Crippen LogP contribution in [0.15, 0.2) is 48.5 Å². The van der Waals surface area contributed by atoms with E-state index in [1.165, 1.54) is 0 Å². The van der Waals surface area contributed by atoms with Gasteiger partial charge in [0.1, 0.15) is 0 Å². The van der Waals surface area contributed by atoms with Crippen molar-refractivity contribution >= 4 is 29.3 Å². The van der Waals surface area contributed by atoms with Gasteiger partial charge < -0.3 is 16.0 Å². The minimum absolute atomic E-state index is 0.154. The molecule has 1 aliphatic heterocycles. The molecule has 2 aromatic carbocycles. The van der Waals surface area contributed by atoms with Gasteiger partial charge in [-0.2, -0.15) is 0 Å². The van der Waals surface area contributed by atoms with Gasteiger partial charge in [-0.15, -0.1) is 0 Å². The lowest BCUT2D eigenvalue weighted by Crippen LogP contribution is -2.36. The molecule has 1 heterocycles. The number of hydrogen-bond acceptors (Lipinski definition) is 3. The Morgan fingerprint density at radius 3 is 2.50 bits per heavy atom. The van der Waals surface area contributed by atoms with Gasteiger partial charge in [-0.3, -0.25) is 14.4 Å². The van der Waals surface area contributed by atoms with Crippen LogP contribution in [0.25, 0.3) is 0 Å². The third kappa shape index (κ3) is 4.03. The van der Waals surface area contributed by atoms with E-state index >= 15 is 0 Å². The molecule has 26 heavy (non-hydrogen) atoms. The highest BCUT2D eigenvalue weighted by atomic mass is 35.5. The molecule has 0 saturated heterocycles. The van der Waals surface area contributed by atoms with Crippen LogP contribution in [0.5, 0.6) is 0 Å². The maximum absolute atomic E-state index is 12.1. The van der Waals surface area contributed by atoms with Crippen molar-refractivity contribution in [2.24, 2.45) is 0 Å². The maximum atomic E-state index is 12.1. The van der Waals surface area contributed by atoms with Crippen molar-refractivity contribution in [2.45, 2.75) is 12.5 Å². The standard InChI is InChI=1S/C19H18ClN3O3/c20-15-8-4-3-7-14(15)18(25)22-10-9-21-17(24)11-16-12-5-1-2-6-13(12)19(26)23-16/h1-8,16H,9-11H2,(H,21,24)(H,22,25)(H,23,26)/t16-/m1/s1. The van der Waals surface area contributed by atoms with Crippen LogP contribution >= 0.6 is 11.6 Å². The van der Waals surface area contributed by atoms with Crippen LogP contribution < -0.4 is 16.0 Å². The van der Waals surface area contributed by atoms with E-state index in [0.717, 1.165) is 5.56 Å². The van der Waals surface area contributed by atoms with E-state index in [1.54, 1.807) is 36.4 Å². The fourth-order valence-corrected chi connectivity index (χ4v) is 3.08. The molecule has 3 rings (SSSR count). The number of hydrogen-bond donors (Lipinski definition) is 3. The van der Waals surface area contributed by atoms with Crippen molar-refractivity contribution in [2.75, 3.05) is 13.1 Å². The zero-order valence-electron chi connectivity index (χ0n) is 13.9. The van der Waals surface area contributed by atoms with E-state index in [4.69, 9.17) is 11.6 Å². The minimum atomic E-state index is -0.323. The topological polar surface area (TPSA) is 87.3 Å². The summed E-state index contributed by atoms with van der Waals surface area (Å²) in [6.07, 6.45) is 0.154. The number of fused-ring (bicyclic) bond motifs is 1. The number of benzene rings is 2. The second-order valence-electron chi connectivity index (χ2n) is 5.90. The molecule has 7 heteroatoms. The number of rotatable bonds is 6. The van der Waals surface area contributed by atoms with Gasteiger partial charge in [0.25, 0.3) is 11.8 Å². The smallest absolute Gasteiger partial charge is 0.252 e. The lowest BCUT2D eigenvalue weighted by atomic mass is 10.0. The van der Waals surface area contributed by atoms with E-state index in [2.05, 4.69) is 16.0 Å². The number of nitrogens with one attached hydrogen (secondary N) is 3. The Morgan fingerprint density at radius 2 is 1.69 bits per heavy atom. The van der Waals surface area contributed by atoms with Gasteiger partial charge in [-0.05, 0) is 23.8 Å². The summed E-state index contributed by atoms with van der Waals surface area (Å²) in [4.78, 5) is 35.9. The molecular formula is C19H18ClN3O3. The zero-order valence-corrected chi connectivity index (χ0v) is 14.7. The van der Waals surface area contributed by atoms with Crippen LogP contribution in [0.2, 0.25) is 5.02 Å². The average Bonchev–Trinajstić information content (AvgIpc) is 2.95. The summed E-state index contributed by atoms with van der Waals surface area (Å²) in [6, 6.07) is 13.7. The lowest BCUT2D eigenvalue weighted by Gasteiger charge is -2.12. The second-order valence-corrected chi connectivity index (χ2v) is 6.31. The summed E-state index contributed by atoms with van der Waals surface area (Å²) in [7, 11) is 0. The van der Waals surface area contributed by atoms with Crippen LogP contribution in [-0.4, -0.2) is 30.8 Å². The molecule has 0 unspecified atom stereocenters. The number of carbonyl (C=O) groups excluding carboxylic acids is 3. The SMILES string of the molecule is O=C(C[C@H]1NC(=O)c2ccccc21)NCCNC(=O)c1ccccc1Cl. The molecule has 0 spiro atoms. The van der Waals surface area contributed by atoms with Crippen molar-refractivity contribution in [3.8, 4) is 0 Å². The summed E-state index contributed by atoms with van der Waals surface area (Å²) >= 11 is 5.97. The van der Waals surface area contributed by atoms with Crippen molar-refractivity contribution in [3.63, 3.8) is 0 Å². The molecule has 0 saturated carbocycles. The summed E-state index contributed by atoms with van der Waals surface area (Å²) in [5.74, 6) is -0.647. The first-order chi connectivity index (χ1) is 12.6. The van der Waals surface area contributed by atoms with E-state index in [-0.39, 0.29) is 43.3 Å². The first-order valence-electron chi connectivity index (χ1n) is 8.25. The molecular weight excluding hydrogens is 354 g/mol. The molecule has 2 aromatic rings. The van der Waals surface area contributed by atoms with Crippen LogP contribution in [0.3, 0.4) is 0 Å². The Hall–Kier alpha value is -2.86. The monoisotopic (exact) mass is 371 g/mol. The Morgan fingerprint density at radius 1 is 1.00 bits per heavy atom. The van der Waals surface area contributed by atoms with E-state index in [0.29, 0.717) is 16.1 Å². The zero-order chi connectivity index (χ0) is 18.5. The van der Waals surface area contributed by atoms with Crippen molar-refractivity contribution in [3.05, 3.63) is 70.2 Å². The first-order valence-corrected chi connectivity index (χ1v) is 8.63. The van der Waals surface area contributed by atoms with Crippen LogP contribution in [0, 0.1) is 0 Å². The second kappa shape index (κ2) is 8.01. The molecule has 0 fully saturated rings. The van der Waals surface area contributed by atoms with Crippen LogP contribution in [-0.2, 0) is 4.79 Å². The third-order valence-electron chi connectivity index (χ3n) is 4.13.